The highest BCUT2D eigenvalue weighted by atomic mass is 35.5. The summed E-state index contributed by atoms with van der Waals surface area (Å²) in [5, 5.41) is 0. The average Bonchev–Trinajstić information content (AvgIpc) is 2.92. The topological polar surface area (TPSA) is 45.7 Å². The van der Waals surface area contributed by atoms with Gasteiger partial charge in [-0.1, -0.05) is 38.1 Å². The number of halogens is 3. The summed E-state index contributed by atoms with van der Waals surface area (Å²) in [6, 6.07) is 16.8. The highest BCUT2D eigenvalue weighted by Crippen LogP contribution is 2.30. The smallest absolute Gasteiger partial charge is 0.341 e. The second-order valence-corrected chi connectivity index (χ2v) is 10.3. The lowest BCUT2D eigenvalue weighted by molar-refractivity contribution is 0.0488. The van der Waals surface area contributed by atoms with E-state index in [0.717, 1.165) is 63.1 Å². The number of hydrogen-bond acceptors (Lipinski definition) is 5. The standard InChI is InChI=1S/C31H37F2N3O2.ClH/c1-23(2)15-22-38-31(37)29-5-3-16-34-30(29)36-20-18-35(19-21-36)17-4-6-28(24-7-11-26(32)12-8-24)25-9-13-27(33)14-10-25;/h3,5,7-14,16,23,28H,4,6,15,17-22H2,1-2H3;1H. The summed E-state index contributed by atoms with van der Waals surface area (Å²) in [4.78, 5) is 21.8. The Bertz CT molecular complexity index is 1120. The van der Waals surface area contributed by atoms with Crippen LogP contribution in [0, 0.1) is 17.6 Å². The van der Waals surface area contributed by atoms with E-state index in [1.165, 1.54) is 24.3 Å². The quantitative estimate of drug-likeness (QED) is 0.245. The number of anilines is 1. The van der Waals surface area contributed by atoms with E-state index in [0.29, 0.717) is 23.9 Å². The zero-order valence-electron chi connectivity index (χ0n) is 22.7. The molecule has 8 heteroatoms. The largest absolute Gasteiger partial charge is 0.462 e. The molecule has 1 aliphatic heterocycles. The Morgan fingerprint density at radius 3 is 2.05 bits per heavy atom. The minimum absolute atomic E-state index is 0. The summed E-state index contributed by atoms with van der Waals surface area (Å²) >= 11 is 0. The van der Waals surface area contributed by atoms with Gasteiger partial charge in [0.15, 0.2) is 0 Å². The third kappa shape index (κ3) is 8.73. The van der Waals surface area contributed by atoms with Gasteiger partial charge in [-0.25, -0.2) is 18.6 Å². The highest BCUT2D eigenvalue weighted by Gasteiger charge is 2.24. The molecule has 0 atom stereocenters. The van der Waals surface area contributed by atoms with Crippen molar-refractivity contribution < 1.29 is 18.3 Å². The summed E-state index contributed by atoms with van der Waals surface area (Å²) in [6.45, 7) is 8.86. The van der Waals surface area contributed by atoms with Crippen molar-refractivity contribution in [2.75, 3.05) is 44.2 Å². The molecule has 0 radical (unpaired) electrons. The van der Waals surface area contributed by atoms with Crippen molar-refractivity contribution in [3.63, 3.8) is 0 Å². The second-order valence-electron chi connectivity index (χ2n) is 10.3. The van der Waals surface area contributed by atoms with Crippen LogP contribution in [-0.2, 0) is 4.74 Å². The lowest BCUT2D eigenvalue weighted by Gasteiger charge is -2.36. The van der Waals surface area contributed by atoms with Crippen molar-refractivity contribution >= 4 is 24.2 Å². The molecular formula is C31H38ClF2N3O2. The fourth-order valence-electron chi connectivity index (χ4n) is 4.89. The van der Waals surface area contributed by atoms with Crippen molar-refractivity contribution in [3.8, 4) is 0 Å². The number of hydrogen-bond donors (Lipinski definition) is 0. The van der Waals surface area contributed by atoms with Gasteiger partial charge in [0, 0.05) is 38.3 Å². The number of esters is 1. The van der Waals surface area contributed by atoms with Crippen LogP contribution in [0.15, 0.2) is 66.9 Å². The predicted molar refractivity (Wildman–Crippen MR) is 154 cm³/mol. The van der Waals surface area contributed by atoms with Crippen LogP contribution in [0.5, 0.6) is 0 Å². The molecule has 0 amide bonds. The summed E-state index contributed by atoms with van der Waals surface area (Å²) in [6.07, 6.45) is 4.39. The van der Waals surface area contributed by atoms with Gasteiger partial charge < -0.3 is 9.64 Å². The van der Waals surface area contributed by atoms with Crippen molar-refractivity contribution in [1.29, 1.82) is 0 Å². The van der Waals surface area contributed by atoms with Crippen LogP contribution in [0.1, 0.15) is 60.5 Å². The van der Waals surface area contributed by atoms with E-state index >= 15 is 0 Å². The van der Waals surface area contributed by atoms with Gasteiger partial charge in [-0.3, -0.25) is 4.90 Å². The summed E-state index contributed by atoms with van der Waals surface area (Å²) in [5.41, 5.74) is 2.59. The van der Waals surface area contributed by atoms with Crippen molar-refractivity contribution in [1.82, 2.24) is 9.88 Å². The maximum absolute atomic E-state index is 13.5. The number of pyridine rings is 1. The van der Waals surface area contributed by atoms with Crippen LogP contribution in [0.3, 0.4) is 0 Å². The Morgan fingerprint density at radius 2 is 1.49 bits per heavy atom. The van der Waals surface area contributed by atoms with E-state index in [4.69, 9.17) is 4.74 Å². The third-order valence-electron chi connectivity index (χ3n) is 7.12. The van der Waals surface area contributed by atoms with Crippen LogP contribution < -0.4 is 4.90 Å². The van der Waals surface area contributed by atoms with Crippen LogP contribution in [-0.4, -0.2) is 55.2 Å². The fourth-order valence-corrected chi connectivity index (χ4v) is 4.89. The van der Waals surface area contributed by atoms with Crippen molar-refractivity contribution in [2.24, 2.45) is 5.92 Å². The fraction of sp³-hybridized carbons (Fsp3) is 0.419. The second kappa shape index (κ2) is 14.9. The van der Waals surface area contributed by atoms with E-state index in [9.17, 15) is 13.6 Å². The molecule has 3 aromatic rings. The molecule has 0 aliphatic carbocycles. The predicted octanol–water partition coefficient (Wildman–Crippen LogP) is 6.72. The molecule has 1 aliphatic rings. The number of piperazine rings is 1. The molecule has 0 unspecified atom stereocenters. The van der Waals surface area contributed by atoms with E-state index in [1.807, 2.05) is 24.3 Å². The summed E-state index contributed by atoms with van der Waals surface area (Å²) < 4.78 is 32.5. The number of nitrogens with zero attached hydrogens (tertiary/aromatic N) is 3. The van der Waals surface area contributed by atoms with Crippen molar-refractivity contribution in [2.45, 2.75) is 39.0 Å². The number of carbonyl (C=O) groups excluding carboxylic acids is 1. The summed E-state index contributed by atoms with van der Waals surface area (Å²) in [7, 11) is 0. The first-order valence-corrected chi connectivity index (χ1v) is 13.5. The number of carbonyl (C=O) groups is 1. The van der Waals surface area contributed by atoms with Gasteiger partial charge in [0.05, 0.1) is 6.61 Å². The first kappa shape index (κ1) is 30.5. The molecule has 210 valence electrons. The Kier molecular flexibility index (Phi) is 11.7. The third-order valence-corrected chi connectivity index (χ3v) is 7.12. The van der Waals surface area contributed by atoms with Gasteiger partial charge in [-0.05, 0) is 79.3 Å². The molecule has 4 rings (SSSR count). The average molecular weight is 558 g/mol. The number of aromatic nitrogens is 1. The molecule has 1 aromatic heterocycles. The van der Waals surface area contributed by atoms with E-state index in [1.54, 1.807) is 18.3 Å². The SMILES string of the molecule is CC(C)CCOC(=O)c1cccnc1N1CCN(CCCC(c2ccc(F)cc2)c2ccc(F)cc2)CC1.Cl. The molecule has 0 spiro atoms. The van der Waals surface area contributed by atoms with Gasteiger partial charge in [0.25, 0.3) is 0 Å². The van der Waals surface area contributed by atoms with Gasteiger partial charge in [-0.15, -0.1) is 12.4 Å². The molecule has 0 bridgehead atoms. The minimum Gasteiger partial charge on any atom is -0.462 e. The maximum Gasteiger partial charge on any atom is 0.341 e. The number of ether oxygens (including phenoxy) is 1. The maximum atomic E-state index is 13.5. The molecule has 2 heterocycles. The first-order chi connectivity index (χ1) is 18.4. The van der Waals surface area contributed by atoms with Crippen molar-refractivity contribution in [3.05, 3.63) is 95.2 Å². The molecular weight excluding hydrogens is 520 g/mol. The zero-order valence-corrected chi connectivity index (χ0v) is 23.5. The monoisotopic (exact) mass is 557 g/mol. The lowest BCUT2D eigenvalue weighted by atomic mass is 9.87. The Morgan fingerprint density at radius 1 is 0.897 bits per heavy atom. The van der Waals surface area contributed by atoms with Crippen LogP contribution in [0.4, 0.5) is 14.6 Å². The lowest BCUT2D eigenvalue weighted by Crippen LogP contribution is -2.47. The van der Waals surface area contributed by atoms with E-state index < -0.39 is 0 Å². The van der Waals surface area contributed by atoms with Gasteiger partial charge in [0.2, 0.25) is 0 Å². The van der Waals surface area contributed by atoms with Gasteiger partial charge in [-0.2, -0.15) is 0 Å². The van der Waals surface area contributed by atoms with Crippen LogP contribution >= 0.6 is 12.4 Å². The normalized spacial score (nSPS) is 13.9. The first-order valence-electron chi connectivity index (χ1n) is 13.5. The summed E-state index contributed by atoms with van der Waals surface area (Å²) in [5.74, 6) is 0.410. The van der Waals surface area contributed by atoms with Gasteiger partial charge in [0.1, 0.15) is 23.0 Å². The van der Waals surface area contributed by atoms with Crippen LogP contribution in [0.2, 0.25) is 0 Å². The van der Waals surface area contributed by atoms with E-state index in [-0.39, 0.29) is 35.9 Å². The van der Waals surface area contributed by atoms with Gasteiger partial charge >= 0.3 is 5.97 Å². The highest BCUT2D eigenvalue weighted by molar-refractivity contribution is 5.94. The molecule has 5 nitrogen and oxygen atoms in total. The number of rotatable bonds is 11. The molecule has 1 saturated heterocycles. The number of benzene rings is 2. The Labute approximate surface area is 236 Å². The Hall–Kier alpha value is -3.03. The molecule has 2 aromatic carbocycles. The Balaban J connectivity index is 0.00000420. The van der Waals surface area contributed by atoms with Crippen LogP contribution in [0.25, 0.3) is 0 Å². The molecule has 39 heavy (non-hydrogen) atoms. The molecule has 0 N–H and O–H groups in total. The van der Waals surface area contributed by atoms with E-state index in [2.05, 4.69) is 28.6 Å². The minimum atomic E-state index is -0.316. The molecule has 0 saturated carbocycles. The molecule has 1 fully saturated rings. The zero-order chi connectivity index (χ0) is 26.9.